The second-order valence-electron chi connectivity index (χ2n) is 5.35. The number of rotatable bonds is 5. The second-order valence-corrected chi connectivity index (χ2v) is 7.40. The highest BCUT2D eigenvalue weighted by molar-refractivity contribution is 7.20. The lowest BCUT2D eigenvalue weighted by Crippen LogP contribution is -2.25. The molecule has 0 fully saturated rings. The Morgan fingerprint density at radius 1 is 1.17 bits per heavy atom. The first-order chi connectivity index (χ1) is 11.8. The van der Waals surface area contributed by atoms with E-state index in [1.165, 1.54) is 4.88 Å². The summed E-state index contributed by atoms with van der Waals surface area (Å²) in [5, 5.41) is 5.94. The van der Waals surface area contributed by atoms with Gasteiger partial charge in [0.2, 0.25) is 0 Å². The van der Waals surface area contributed by atoms with Crippen molar-refractivity contribution in [1.29, 1.82) is 0 Å². The van der Waals surface area contributed by atoms with E-state index in [9.17, 15) is 4.79 Å². The molecule has 120 valence electrons. The van der Waals surface area contributed by atoms with Gasteiger partial charge in [0.05, 0.1) is 10.2 Å². The van der Waals surface area contributed by atoms with Crippen LogP contribution in [0.5, 0.6) is 0 Å². The fraction of sp³-hybridized carbons (Fsp3) is 0.111. The first-order valence-corrected chi connectivity index (χ1v) is 9.34. The fourth-order valence-electron chi connectivity index (χ4n) is 2.48. The molecule has 0 saturated heterocycles. The molecule has 0 aliphatic rings. The third-order valence-corrected chi connectivity index (χ3v) is 5.67. The van der Waals surface area contributed by atoms with Gasteiger partial charge in [-0.2, -0.15) is 0 Å². The number of thiazole rings is 1. The van der Waals surface area contributed by atoms with Crippen LogP contribution >= 0.6 is 22.7 Å². The van der Waals surface area contributed by atoms with Gasteiger partial charge in [-0.1, -0.05) is 17.4 Å². The smallest absolute Gasteiger partial charge is 0.251 e. The summed E-state index contributed by atoms with van der Waals surface area (Å²) < 4.78 is 3.00. The number of nitrogens with zero attached hydrogens (tertiary/aromatic N) is 2. The van der Waals surface area contributed by atoms with E-state index in [0.717, 1.165) is 21.8 Å². The highest BCUT2D eigenvalue weighted by atomic mass is 32.1. The monoisotopic (exact) mass is 353 g/mol. The second kappa shape index (κ2) is 6.59. The summed E-state index contributed by atoms with van der Waals surface area (Å²) in [6.45, 7) is 0.648. The summed E-state index contributed by atoms with van der Waals surface area (Å²) >= 11 is 3.30. The van der Waals surface area contributed by atoms with Crippen molar-refractivity contribution in [2.75, 3.05) is 6.54 Å². The number of hydrogen-bond donors (Lipinski definition) is 1. The van der Waals surface area contributed by atoms with E-state index in [-0.39, 0.29) is 5.91 Å². The van der Waals surface area contributed by atoms with Gasteiger partial charge in [0.25, 0.3) is 5.91 Å². The van der Waals surface area contributed by atoms with Crippen LogP contribution < -0.4 is 5.32 Å². The molecule has 0 spiro atoms. The minimum atomic E-state index is -0.0376. The molecule has 0 bridgehead atoms. The zero-order valence-electron chi connectivity index (χ0n) is 12.8. The lowest BCUT2D eigenvalue weighted by Gasteiger charge is -2.04. The van der Waals surface area contributed by atoms with Crippen molar-refractivity contribution in [3.63, 3.8) is 0 Å². The highest BCUT2D eigenvalue weighted by Gasteiger charge is 2.10. The van der Waals surface area contributed by atoms with E-state index in [2.05, 4.69) is 21.7 Å². The molecule has 24 heavy (non-hydrogen) atoms. The van der Waals surface area contributed by atoms with Crippen LogP contribution in [0.25, 0.3) is 15.3 Å². The van der Waals surface area contributed by atoms with Crippen molar-refractivity contribution in [3.8, 4) is 5.13 Å². The van der Waals surface area contributed by atoms with Crippen molar-refractivity contribution < 1.29 is 4.79 Å². The zero-order chi connectivity index (χ0) is 16.4. The summed E-state index contributed by atoms with van der Waals surface area (Å²) in [5.41, 5.74) is 1.59. The van der Waals surface area contributed by atoms with Gasteiger partial charge in [0.15, 0.2) is 5.13 Å². The molecular weight excluding hydrogens is 338 g/mol. The summed E-state index contributed by atoms with van der Waals surface area (Å²) in [4.78, 5) is 18.2. The predicted molar refractivity (Wildman–Crippen MR) is 99.3 cm³/mol. The van der Waals surface area contributed by atoms with Crippen LogP contribution in [0, 0.1) is 0 Å². The van der Waals surface area contributed by atoms with Crippen molar-refractivity contribution in [1.82, 2.24) is 14.9 Å². The molecule has 1 N–H and O–H groups in total. The molecule has 0 atom stereocenters. The molecule has 6 heteroatoms. The molecule has 3 aromatic heterocycles. The quantitative estimate of drug-likeness (QED) is 0.587. The number of benzene rings is 1. The zero-order valence-corrected chi connectivity index (χ0v) is 14.4. The third kappa shape index (κ3) is 3.11. The molecule has 0 saturated carbocycles. The van der Waals surface area contributed by atoms with Crippen LogP contribution in [0.15, 0.2) is 60.2 Å². The van der Waals surface area contributed by atoms with Crippen LogP contribution in [-0.4, -0.2) is 22.0 Å². The number of amides is 1. The van der Waals surface area contributed by atoms with Gasteiger partial charge >= 0.3 is 0 Å². The number of aromatic nitrogens is 2. The maximum absolute atomic E-state index is 12.3. The molecular formula is C18H15N3OS2. The van der Waals surface area contributed by atoms with Crippen molar-refractivity contribution >= 4 is 38.8 Å². The molecule has 0 aliphatic heterocycles. The molecule has 1 amide bonds. The maximum atomic E-state index is 12.3. The van der Waals surface area contributed by atoms with Gasteiger partial charge in [-0.15, -0.1) is 11.3 Å². The summed E-state index contributed by atoms with van der Waals surface area (Å²) in [5.74, 6) is -0.0376. The SMILES string of the molecule is O=C(NCCc1cccs1)c1ccc2nc(-n3cccc3)sc2c1. The van der Waals surface area contributed by atoms with Gasteiger partial charge in [-0.05, 0) is 48.2 Å². The van der Waals surface area contributed by atoms with Crippen molar-refractivity contribution in [2.45, 2.75) is 6.42 Å². The van der Waals surface area contributed by atoms with E-state index in [4.69, 9.17) is 0 Å². The van der Waals surface area contributed by atoms with E-state index >= 15 is 0 Å². The van der Waals surface area contributed by atoms with Gasteiger partial charge in [0, 0.05) is 29.4 Å². The first kappa shape index (κ1) is 15.1. The summed E-state index contributed by atoms with van der Waals surface area (Å²) in [6, 6.07) is 13.7. The van der Waals surface area contributed by atoms with Gasteiger partial charge in [-0.3, -0.25) is 4.79 Å². The van der Waals surface area contributed by atoms with E-state index in [1.54, 1.807) is 22.7 Å². The lowest BCUT2D eigenvalue weighted by molar-refractivity contribution is 0.0954. The average molecular weight is 353 g/mol. The Balaban J connectivity index is 1.48. The van der Waals surface area contributed by atoms with Crippen molar-refractivity contribution in [2.24, 2.45) is 0 Å². The maximum Gasteiger partial charge on any atom is 0.251 e. The predicted octanol–water partition coefficient (Wildman–Crippen LogP) is 4.12. The third-order valence-electron chi connectivity index (χ3n) is 3.70. The molecule has 4 rings (SSSR count). The number of fused-ring (bicyclic) bond motifs is 1. The summed E-state index contributed by atoms with van der Waals surface area (Å²) in [7, 11) is 0. The molecule has 0 aliphatic carbocycles. The Morgan fingerprint density at radius 3 is 2.83 bits per heavy atom. The Labute approximate surface area is 147 Å². The van der Waals surface area contributed by atoms with Gasteiger partial charge in [-0.25, -0.2) is 4.98 Å². The molecule has 3 heterocycles. The van der Waals surface area contributed by atoms with E-state index in [1.807, 2.05) is 53.4 Å². The normalized spacial score (nSPS) is 11.0. The Hall–Kier alpha value is -2.44. The fourth-order valence-corrected chi connectivity index (χ4v) is 4.16. The topological polar surface area (TPSA) is 46.9 Å². The number of carbonyl (C=O) groups is 1. The average Bonchev–Trinajstić information content (AvgIpc) is 3.33. The Morgan fingerprint density at radius 2 is 2.04 bits per heavy atom. The molecule has 0 unspecified atom stereocenters. The standard InChI is InChI=1S/C18H15N3OS2/c22-17(19-8-7-14-4-3-11-23-14)13-5-6-15-16(12-13)24-18(20-15)21-9-1-2-10-21/h1-6,9-12H,7-8H2,(H,19,22). The van der Waals surface area contributed by atoms with Gasteiger partial charge < -0.3 is 9.88 Å². The molecule has 0 radical (unpaired) electrons. The number of nitrogens with one attached hydrogen (secondary N) is 1. The largest absolute Gasteiger partial charge is 0.352 e. The Kier molecular flexibility index (Phi) is 4.15. The highest BCUT2D eigenvalue weighted by Crippen LogP contribution is 2.26. The van der Waals surface area contributed by atoms with Crippen molar-refractivity contribution in [3.05, 3.63) is 70.7 Å². The van der Waals surface area contributed by atoms with Crippen LogP contribution in [0.2, 0.25) is 0 Å². The molecule has 4 nitrogen and oxygen atoms in total. The van der Waals surface area contributed by atoms with Gasteiger partial charge in [0.1, 0.15) is 0 Å². The van der Waals surface area contributed by atoms with Crippen LogP contribution in [0.3, 0.4) is 0 Å². The number of carbonyl (C=O) groups excluding carboxylic acids is 1. The van der Waals surface area contributed by atoms with E-state index in [0.29, 0.717) is 12.1 Å². The lowest BCUT2D eigenvalue weighted by atomic mass is 10.2. The molecule has 4 aromatic rings. The number of thiophene rings is 1. The van der Waals surface area contributed by atoms with E-state index < -0.39 is 0 Å². The minimum absolute atomic E-state index is 0.0376. The van der Waals surface area contributed by atoms with Crippen LogP contribution in [-0.2, 0) is 6.42 Å². The first-order valence-electron chi connectivity index (χ1n) is 7.64. The van der Waals surface area contributed by atoms with Crippen LogP contribution in [0.1, 0.15) is 15.2 Å². The van der Waals surface area contributed by atoms with Crippen LogP contribution in [0.4, 0.5) is 0 Å². The summed E-state index contributed by atoms with van der Waals surface area (Å²) in [6.07, 6.45) is 4.80. The Bertz CT molecular complexity index is 956. The minimum Gasteiger partial charge on any atom is -0.352 e. The molecule has 1 aromatic carbocycles. The number of hydrogen-bond acceptors (Lipinski definition) is 4.